The zero-order valence-electron chi connectivity index (χ0n) is 8.79. The molecule has 0 saturated carbocycles. The first-order chi connectivity index (χ1) is 8.16. The Hall–Kier alpha value is -2.63. The summed E-state index contributed by atoms with van der Waals surface area (Å²) in [5.74, 6) is -0.466. The monoisotopic (exact) mass is 230 g/mol. The highest BCUT2D eigenvalue weighted by Gasteiger charge is 2.10. The summed E-state index contributed by atoms with van der Waals surface area (Å²) in [4.78, 5) is 19.4. The second kappa shape index (κ2) is 4.48. The highest BCUT2D eigenvalue weighted by molar-refractivity contribution is 6.03. The van der Waals surface area contributed by atoms with Gasteiger partial charge in [0.1, 0.15) is 5.69 Å². The third-order valence-electron chi connectivity index (χ3n) is 2.04. The fourth-order valence-corrected chi connectivity index (χ4v) is 1.20. The summed E-state index contributed by atoms with van der Waals surface area (Å²) in [6.07, 6.45) is 2.85. The van der Waals surface area contributed by atoms with Crippen LogP contribution < -0.4 is 11.1 Å². The number of nitrogens with one attached hydrogen (secondary N) is 1. The zero-order chi connectivity index (χ0) is 12.3. The molecule has 2 rings (SSSR count). The maximum atomic E-state index is 11.7. The highest BCUT2D eigenvalue weighted by Crippen LogP contribution is 2.18. The van der Waals surface area contributed by atoms with Gasteiger partial charge in [0, 0.05) is 6.20 Å². The van der Waals surface area contributed by atoms with Crippen molar-refractivity contribution in [3.63, 3.8) is 0 Å². The first kappa shape index (κ1) is 10.9. The molecule has 0 aliphatic carbocycles. The van der Waals surface area contributed by atoms with Crippen molar-refractivity contribution in [3.8, 4) is 5.75 Å². The number of carbonyl (C=O) groups excluding carboxylic acids is 1. The van der Waals surface area contributed by atoms with E-state index in [9.17, 15) is 9.90 Å². The fourth-order valence-electron chi connectivity index (χ4n) is 1.20. The van der Waals surface area contributed by atoms with Crippen LogP contribution in [0.1, 0.15) is 10.5 Å². The summed E-state index contributed by atoms with van der Waals surface area (Å²) in [5, 5.41) is 11.9. The molecule has 2 aromatic rings. The van der Waals surface area contributed by atoms with E-state index >= 15 is 0 Å². The number of hydrogen-bond donors (Lipinski definition) is 3. The van der Waals surface area contributed by atoms with E-state index in [0.717, 1.165) is 0 Å². The van der Waals surface area contributed by atoms with Gasteiger partial charge in [0.05, 0.1) is 11.9 Å². The second-order valence-corrected chi connectivity index (χ2v) is 3.30. The van der Waals surface area contributed by atoms with Crippen molar-refractivity contribution in [3.05, 3.63) is 42.4 Å². The lowest BCUT2D eigenvalue weighted by Crippen LogP contribution is -2.14. The molecule has 0 saturated heterocycles. The van der Waals surface area contributed by atoms with Crippen molar-refractivity contribution in [1.29, 1.82) is 0 Å². The molecule has 4 N–H and O–H groups in total. The Bertz CT molecular complexity index is 539. The molecular weight excluding hydrogens is 220 g/mol. The van der Waals surface area contributed by atoms with Crippen molar-refractivity contribution in [2.75, 3.05) is 11.1 Å². The molecule has 86 valence electrons. The maximum Gasteiger partial charge on any atom is 0.275 e. The first-order valence-corrected chi connectivity index (χ1v) is 4.83. The topological polar surface area (TPSA) is 101 Å². The Labute approximate surface area is 97.1 Å². The largest absolute Gasteiger partial charge is 0.504 e. The van der Waals surface area contributed by atoms with Gasteiger partial charge < -0.3 is 16.2 Å². The van der Waals surface area contributed by atoms with Gasteiger partial charge in [0.25, 0.3) is 5.91 Å². The summed E-state index contributed by atoms with van der Waals surface area (Å²) in [6.45, 7) is 0. The van der Waals surface area contributed by atoms with Crippen molar-refractivity contribution < 1.29 is 9.90 Å². The van der Waals surface area contributed by atoms with E-state index in [1.54, 1.807) is 12.1 Å². The third-order valence-corrected chi connectivity index (χ3v) is 2.04. The molecule has 0 radical (unpaired) electrons. The predicted octanol–water partition coefficient (Wildman–Crippen LogP) is 1.02. The number of carbonyl (C=O) groups is 1. The van der Waals surface area contributed by atoms with Gasteiger partial charge in [-0.1, -0.05) is 0 Å². The molecule has 0 aromatic carbocycles. The minimum Gasteiger partial charge on any atom is -0.504 e. The van der Waals surface area contributed by atoms with E-state index in [2.05, 4.69) is 15.3 Å². The minimum atomic E-state index is -0.459. The predicted molar refractivity (Wildman–Crippen MR) is 62.5 cm³/mol. The molecule has 2 aromatic heterocycles. The molecule has 0 aliphatic rings. The number of nitrogens with two attached hydrogens (primary N) is 1. The van der Waals surface area contributed by atoms with Gasteiger partial charge >= 0.3 is 0 Å². The summed E-state index contributed by atoms with van der Waals surface area (Å²) >= 11 is 0. The molecule has 1 amide bonds. The number of pyridine rings is 2. The van der Waals surface area contributed by atoms with Crippen LogP contribution in [0.4, 0.5) is 11.5 Å². The number of aromatic hydroxyl groups is 1. The van der Waals surface area contributed by atoms with Gasteiger partial charge in [0.2, 0.25) is 0 Å². The fraction of sp³-hybridized carbons (Fsp3) is 0. The van der Waals surface area contributed by atoms with Gasteiger partial charge in [-0.25, -0.2) is 9.97 Å². The minimum absolute atomic E-state index is 0.0936. The number of nitrogen functional groups attached to an aromatic ring is 1. The molecule has 0 atom stereocenters. The number of nitrogens with zero attached hydrogens (tertiary/aromatic N) is 2. The van der Waals surface area contributed by atoms with E-state index in [0.29, 0.717) is 5.69 Å². The second-order valence-electron chi connectivity index (χ2n) is 3.30. The maximum absolute atomic E-state index is 11.7. The molecular formula is C11H10N4O2. The molecule has 2 heterocycles. The Morgan fingerprint density at radius 1 is 1.29 bits per heavy atom. The lowest BCUT2D eigenvalue weighted by Gasteiger charge is -2.05. The molecule has 6 heteroatoms. The van der Waals surface area contributed by atoms with Gasteiger partial charge in [-0.05, 0) is 24.3 Å². The van der Waals surface area contributed by atoms with Crippen molar-refractivity contribution in [2.24, 2.45) is 0 Å². The Morgan fingerprint density at radius 2 is 2.12 bits per heavy atom. The van der Waals surface area contributed by atoms with Gasteiger partial charge in [-0.15, -0.1) is 0 Å². The normalized spacial score (nSPS) is 9.88. The number of amides is 1. The van der Waals surface area contributed by atoms with Crippen LogP contribution in [-0.4, -0.2) is 21.0 Å². The average molecular weight is 230 g/mol. The summed E-state index contributed by atoms with van der Waals surface area (Å²) < 4.78 is 0. The molecule has 0 aliphatic heterocycles. The smallest absolute Gasteiger partial charge is 0.275 e. The SMILES string of the molecule is Nc1ccc(C(=O)Nc2ncccc2O)nc1. The number of hydrogen-bond acceptors (Lipinski definition) is 5. The standard InChI is InChI=1S/C11H10N4O2/c12-7-3-4-8(14-6-7)11(17)15-10-9(16)2-1-5-13-10/h1-6,16H,12H2,(H,13,15,17). The van der Waals surface area contributed by atoms with Gasteiger partial charge in [0.15, 0.2) is 11.6 Å². The van der Waals surface area contributed by atoms with Gasteiger partial charge in [-0.2, -0.15) is 0 Å². The quantitative estimate of drug-likeness (QED) is 0.714. The van der Waals surface area contributed by atoms with Crippen molar-refractivity contribution in [2.45, 2.75) is 0 Å². The van der Waals surface area contributed by atoms with Crippen LogP contribution in [0.3, 0.4) is 0 Å². The van der Waals surface area contributed by atoms with Crippen LogP contribution in [0.5, 0.6) is 5.75 Å². The lowest BCUT2D eigenvalue weighted by molar-refractivity contribution is 0.102. The molecule has 0 spiro atoms. The van der Waals surface area contributed by atoms with Crippen LogP contribution in [0.2, 0.25) is 0 Å². The van der Waals surface area contributed by atoms with Crippen molar-refractivity contribution in [1.82, 2.24) is 9.97 Å². The molecule has 0 fully saturated rings. The third kappa shape index (κ3) is 2.49. The van der Waals surface area contributed by atoms with E-state index in [1.807, 2.05) is 0 Å². The lowest BCUT2D eigenvalue weighted by atomic mass is 10.3. The van der Waals surface area contributed by atoms with Crippen molar-refractivity contribution >= 4 is 17.4 Å². The van der Waals surface area contributed by atoms with Crippen LogP contribution in [0.25, 0.3) is 0 Å². The summed E-state index contributed by atoms with van der Waals surface area (Å²) in [6, 6.07) is 6.05. The van der Waals surface area contributed by atoms with E-state index in [4.69, 9.17) is 5.73 Å². The highest BCUT2D eigenvalue weighted by atomic mass is 16.3. The van der Waals surface area contributed by atoms with Crippen LogP contribution in [0.15, 0.2) is 36.7 Å². The average Bonchev–Trinajstić information content (AvgIpc) is 2.33. The molecule has 6 nitrogen and oxygen atoms in total. The van der Waals surface area contributed by atoms with E-state index < -0.39 is 5.91 Å². The van der Waals surface area contributed by atoms with Crippen LogP contribution in [-0.2, 0) is 0 Å². The van der Waals surface area contributed by atoms with Crippen LogP contribution >= 0.6 is 0 Å². The van der Waals surface area contributed by atoms with Gasteiger partial charge in [-0.3, -0.25) is 4.79 Å². The Morgan fingerprint density at radius 3 is 2.76 bits per heavy atom. The van der Waals surface area contributed by atoms with E-state index in [-0.39, 0.29) is 17.3 Å². The van der Waals surface area contributed by atoms with Crippen LogP contribution in [0, 0.1) is 0 Å². The molecule has 17 heavy (non-hydrogen) atoms. The summed E-state index contributed by atoms with van der Waals surface area (Å²) in [5.41, 5.74) is 6.13. The number of rotatable bonds is 2. The molecule has 0 bridgehead atoms. The Balaban J connectivity index is 2.17. The van der Waals surface area contributed by atoms with E-state index in [1.165, 1.54) is 24.5 Å². The first-order valence-electron chi connectivity index (χ1n) is 4.83. The number of anilines is 2. The number of aromatic nitrogens is 2. The zero-order valence-corrected chi connectivity index (χ0v) is 8.79. The summed E-state index contributed by atoms with van der Waals surface area (Å²) in [7, 11) is 0. The Kier molecular flexibility index (Phi) is 2.87. The molecule has 0 unspecified atom stereocenters.